The molecule has 0 unspecified atom stereocenters. The first-order valence-electron chi connectivity index (χ1n) is 5.25. The molecule has 0 radical (unpaired) electrons. The molecule has 0 saturated carbocycles. The zero-order chi connectivity index (χ0) is 12.3. The van der Waals surface area contributed by atoms with Gasteiger partial charge in [0.25, 0.3) is 0 Å². The fraction of sp³-hybridized carbons (Fsp3) is 0.417. The fourth-order valence-corrected chi connectivity index (χ4v) is 1.31. The van der Waals surface area contributed by atoms with Gasteiger partial charge in [0.15, 0.2) is 0 Å². The Kier molecular flexibility index (Phi) is 3.90. The van der Waals surface area contributed by atoms with E-state index in [1.165, 1.54) is 4.90 Å². The lowest BCUT2D eigenvalue weighted by atomic mass is 10.0. The molecule has 0 fully saturated rings. The first kappa shape index (κ1) is 12.5. The van der Waals surface area contributed by atoms with Crippen molar-refractivity contribution in [1.29, 1.82) is 0 Å². The van der Waals surface area contributed by atoms with Crippen LogP contribution >= 0.6 is 0 Å². The molecule has 1 aromatic carbocycles. The van der Waals surface area contributed by atoms with Gasteiger partial charge in [-0.3, -0.25) is 4.79 Å². The van der Waals surface area contributed by atoms with Crippen molar-refractivity contribution in [3.8, 4) is 5.75 Å². The highest BCUT2D eigenvalue weighted by molar-refractivity contribution is 5.96. The number of amides is 1. The van der Waals surface area contributed by atoms with E-state index >= 15 is 0 Å². The summed E-state index contributed by atoms with van der Waals surface area (Å²) in [4.78, 5) is 13.4. The summed E-state index contributed by atoms with van der Waals surface area (Å²) < 4.78 is 0. The Morgan fingerprint density at radius 1 is 1.31 bits per heavy atom. The predicted octanol–water partition coefficient (Wildman–Crippen LogP) is 1.34. The van der Waals surface area contributed by atoms with Crippen LogP contribution in [0, 0.1) is 5.92 Å². The van der Waals surface area contributed by atoms with Gasteiger partial charge in [0.05, 0.1) is 6.04 Å². The van der Waals surface area contributed by atoms with Gasteiger partial charge >= 0.3 is 0 Å². The highest BCUT2D eigenvalue weighted by atomic mass is 16.3. The van der Waals surface area contributed by atoms with E-state index in [0.29, 0.717) is 0 Å². The maximum absolute atomic E-state index is 11.9. The summed E-state index contributed by atoms with van der Waals surface area (Å²) in [6.45, 7) is 3.82. The molecular formula is C12H18N2O2. The highest BCUT2D eigenvalue weighted by Gasteiger charge is 2.21. The molecule has 0 bridgehead atoms. The molecule has 0 aliphatic heterocycles. The molecule has 1 atom stereocenters. The predicted molar refractivity (Wildman–Crippen MR) is 64.3 cm³/mol. The zero-order valence-corrected chi connectivity index (χ0v) is 9.84. The van der Waals surface area contributed by atoms with Crippen molar-refractivity contribution in [3.63, 3.8) is 0 Å². The molecule has 0 aliphatic rings. The minimum absolute atomic E-state index is 0.104. The number of nitrogens with zero attached hydrogens (tertiary/aromatic N) is 1. The molecule has 88 valence electrons. The minimum atomic E-state index is -0.501. The lowest BCUT2D eigenvalue weighted by molar-refractivity contribution is -0.120. The lowest BCUT2D eigenvalue weighted by Crippen LogP contribution is -2.44. The van der Waals surface area contributed by atoms with E-state index in [4.69, 9.17) is 10.8 Å². The molecule has 4 nitrogen and oxygen atoms in total. The second-order valence-electron chi connectivity index (χ2n) is 4.18. The maximum atomic E-state index is 11.9. The van der Waals surface area contributed by atoms with Crippen LogP contribution in [-0.2, 0) is 4.79 Å². The third kappa shape index (κ3) is 2.73. The lowest BCUT2D eigenvalue weighted by Gasteiger charge is -2.23. The summed E-state index contributed by atoms with van der Waals surface area (Å²) in [6.07, 6.45) is 0. The van der Waals surface area contributed by atoms with Gasteiger partial charge in [-0.2, -0.15) is 0 Å². The maximum Gasteiger partial charge on any atom is 0.243 e. The number of aromatic hydroxyl groups is 1. The quantitative estimate of drug-likeness (QED) is 0.811. The van der Waals surface area contributed by atoms with Crippen molar-refractivity contribution in [2.75, 3.05) is 11.9 Å². The third-order valence-electron chi connectivity index (χ3n) is 2.57. The van der Waals surface area contributed by atoms with E-state index < -0.39 is 6.04 Å². The Bertz CT molecular complexity index is 360. The van der Waals surface area contributed by atoms with Gasteiger partial charge in [-0.1, -0.05) is 13.8 Å². The van der Waals surface area contributed by atoms with Crippen molar-refractivity contribution in [2.45, 2.75) is 19.9 Å². The standard InChI is InChI=1S/C12H18N2O2/c1-8(2)11(13)12(16)14(3)9-4-6-10(15)7-5-9/h4-8,11,15H,13H2,1-3H3/t11-/m1/s1. The van der Waals surface area contributed by atoms with E-state index in [-0.39, 0.29) is 17.6 Å². The Labute approximate surface area is 95.7 Å². The van der Waals surface area contributed by atoms with Gasteiger partial charge in [-0.25, -0.2) is 0 Å². The molecule has 0 aliphatic carbocycles. The summed E-state index contributed by atoms with van der Waals surface area (Å²) in [7, 11) is 1.68. The van der Waals surface area contributed by atoms with Gasteiger partial charge in [-0.15, -0.1) is 0 Å². The first-order valence-corrected chi connectivity index (χ1v) is 5.25. The van der Waals surface area contributed by atoms with Crippen LogP contribution in [0.4, 0.5) is 5.69 Å². The van der Waals surface area contributed by atoms with Crippen molar-refractivity contribution in [3.05, 3.63) is 24.3 Å². The van der Waals surface area contributed by atoms with Gasteiger partial charge in [0.1, 0.15) is 5.75 Å². The topological polar surface area (TPSA) is 66.6 Å². The van der Waals surface area contributed by atoms with E-state index in [9.17, 15) is 4.79 Å². The van der Waals surface area contributed by atoms with Crippen LogP contribution in [0.25, 0.3) is 0 Å². The minimum Gasteiger partial charge on any atom is -0.508 e. The number of hydrogen-bond acceptors (Lipinski definition) is 3. The molecule has 0 spiro atoms. The second-order valence-corrected chi connectivity index (χ2v) is 4.18. The summed E-state index contributed by atoms with van der Waals surface area (Å²) in [6, 6.07) is 5.94. The number of anilines is 1. The average molecular weight is 222 g/mol. The second kappa shape index (κ2) is 4.99. The molecule has 0 heterocycles. The number of carbonyl (C=O) groups is 1. The van der Waals surface area contributed by atoms with Gasteiger partial charge in [0, 0.05) is 12.7 Å². The summed E-state index contributed by atoms with van der Waals surface area (Å²) in [5.41, 5.74) is 6.51. The smallest absolute Gasteiger partial charge is 0.243 e. The van der Waals surface area contributed by atoms with Crippen LogP contribution in [0.3, 0.4) is 0 Å². The van der Waals surface area contributed by atoms with E-state index in [2.05, 4.69) is 0 Å². The van der Waals surface area contributed by atoms with Crippen LogP contribution in [-0.4, -0.2) is 24.1 Å². The fourth-order valence-electron chi connectivity index (χ4n) is 1.31. The summed E-state index contributed by atoms with van der Waals surface area (Å²) in [5.74, 6) is 0.158. The molecule has 0 aromatic heterocycles. The number of rotatable bonds is 3. The van der Waals surface area contributed by atoms with Gasteiger partial charge in [0.2, 0.25) is 5.91 Å². The zero-order valence-electron chi connectivity index (χ0n) is 9.84. The number of phenols is 1. The first-order chi connectivity index (χ1) is 7.43. The van der Waals surface area contributed by atoms with Gasteiger partial charge < -0.3 is 15.7 Å². The monoisotopic (exact) mass is 222 g/mol. The molecule has 1 amide bonds. The van der Waals surface area contributed by atoms with Crippen LogP contribution in [0.5, 0.6) is 5.75 Å². The Hall–Kier alpha value is -1.55. The molecule has 0 saturated heterocycles. The number of likely N-dealkylation sites (N-methyl/N-ethyl adjacent to an activating group) is 1. The Morgan fingerprint density at radius 3 is 2.25 bits per heavy atom. The summed E-state index contributed by atoms with van der Waals surface area (Å²) >= 11 is 0. The SMILES string of the molecule is CC(C)[C@@H](N)C(=O)N(C)c1ccc(O)cc1. The number of benzene rings is 1. The van der Waals surface area contributed by atoms with Crippen LogP contribution in [0.2, 0.25) is 0 Å². The largest absolute Gasteiger partial charge is 0.508 e. The number of phenolic OH excluding ortho intramolecular Hbond substituents is 1. The molecule has 1 aromatic rings. The van der Waals surface area contributed by atoms with Crippen molar-refractivity contribution in [2.24, 2.45) is 11.7 Å². The number of hydrogen-bond donors (Lipinski definition) is 2. The van der Waals surface area contributed by atoms with E-state index in [1.54, 1.807) is 31.3 Å². The number of carbonyl (C=O) groups excluding carboxylic acids is 1. The van der Waals surface area contributed by atoms with Crippen molar-refractivity contribution in [1.82, 2.24) is 0 Å². The van der Waals surface area contributed by atoms with Gasteiger partial charge in [-0.05, 0) is 30.2 Å². The summed E-state index contributed by atoms with van der Waals surface area (Å²) in [5, 5.41) is 9.15. The molecule has 1 rings (SSSR count). The molecule has 16 heavy (non-hydrogen) atoms. The normalized spacial score (nSPS) is 12.6. The van der Waals surface area contributed by atoms with Crippen molar-refractivity contribution < 1.29 is 9.90 Å². The average Bonchev–Trinajstić information content (AvgIpc) is 2.27. The molecule has 4 heteroatoms. The van der Waals surface area contributed by atoms with Crippen LogP contribution in [0.1, 0.15) is 13.8 Å². The Morgan fingerprint density at radius 2 is 1.81 bits per heavy atom. The van der Waals surface area contributed by atoms with Crippen LogP contribution in [0.15, 0.2) is 24.3 Å². The van der Waals surface area contributed by atoms with Crippen molar-refractivity contribution >= 4 is 11.6 Å². The molecular weight excluding hydrogens is 204 g/mol. The Balaban J connectivity index is 2.82. The van der Waals surface area contributed by atoms with Crippen LogP contribution < -0.4 is 10.6 Å². The number of nitrogens with two attached hydrogens (primary N) is 1. The van der Waals surface area contributed by atoms with E-state index in [0.717, 1.165) is 5.69 Å². The van der Waals surface area contributed by atoms with E-state index in [1.807, 2.05) is 13.8 Å². The highest BCUT2D eigenvalue weighted by Crippen LogP contribution is 2.18. The third-order valence-corrected chi connectivity index (χ3v) is 2.57. The molecule has 3 N–H and O–H groups in total.